The predicted octanol–water partition coefficient (Wildman–Crippen LogP) is 4.53. The summed E-state index contributed by atoms with van der Waals surface area (Å²) in [6, 6.07) is 8.27. The maximum Gasteiger partial charge on any atom is 0.248 e. The quantitative estimate of drug-likeness (QED) is 0.707. The molecule has 2 rings (SSSR count). The van der Waals surface area contributed by atoms with Gasteiger partial charge in [-0.1, -0.05) is 43.6 Å². The number of carbonyl (C=O) groups excluding carboxylic acids is 1. The molecular formula is C20H24ClFN2O3S. The molecule has 0 heterocycles. The summed E-state index contributed by atoms with van der Waals surface area (Å²) in [6.07, 6.45) is 1.95. The number of rotatable bonds is 7. The van der Waals surface area contributed by atoms with Gasteiger partial charge in [-0.05, 0) is 49.1 Å². The number of nitrogens with zero attached hydrogens (tertiary/aromatic N) is 1. The Labute approximate surface area is 170 Å². The number of para-hydroxylation sites is 1. The summed E-state index contributed by atoms with van der Waals surface area (Å²) in [5.74, 6) is -1.12. The number of benzene rings is 2. The Kier molecular flexibility index (Phi) is 7.06. The monoisotopic (exact) mass is 426 g/mol. The first-order valence-corrected chi connectivity index (χ1v) is 11.2. The molecule has 0 aliphatic heterocycles. The fourth-order valence-electron chi connectivity index (χ4n) is 3.09. The SMILES string of the molecule is CCc1cccc(C)c1NC(=O)[C@H](CC)N(c1ccc(F)c(Cl)c1)S(C)(=O)=O. The van der Waals surface area contributed by atoms with Gasteiger partial charge in [0.1, 0.15) is 11.9 Å². The minimum Gasteiger partial charge on any atom is -0.324 e. The molecule has 1 amide bonds. The molecule has 152 valence electrons. The van der Waals surface area contributed by atoms with Crippen LogP contribution in [-0.2, 0) is 21.2 Å². The van der Waals surface area contributed by atoms with Gasteiger partial charge in [-0.15, -0.1) is 0 Å². The molecule has 1 atom stereocenters. The van der Waals surface area contributed by atoms with Crippen LogP contribution in [0.4, 0.5) is 15.8 Å². The van der Waals surface area contributed by atoms with Gasteiger partial charge in [0.2, 0.25) is 15.9 Å². The Hall–Kier alpha value is -2.12. The number of hydrogen-bond donors (Lipinski definition) is 1. The van der Waals surface area contributed by atoms with Crippen molar-refractivity contribution in [2.24, 2.45) is 0 Å². The molecule has 1 N–H and O–H groups in total. The van der Waals surface area contributed by atoms with E-state index in [0.717, 1.165) is 34.2 Å². The van der Waals surface area contributed by atoms with Crippen LogP contribution >= 0.6 is 11.6 Å². The van der Waals surface area contributed by atoms with E-state index in [9.17, 15) is 17.6 Å². The smallest absolute Gasteiger partial charge is 0.248 e. The van der Waals surface area contributed by atoms with Crippen LogP contribution in [0, 0.1) is 12.7 Å². The Morgan fingerprint density at radius 1 is 1.25 bits per heavy atom. The van der Waals surface area contributed by atoms with Gasteiger partial charge in [-0.3, -0.25) is 9.10 Å². The third-order valence-corrected chi connectivity index (χ3v) is 5.95. The van der Waals surface area contributed by atoms with Crippen molar-refractivity contribution in [3.63, 3.8) is 0 Å². The Balaban J connectivity index is 2.47. The van der Waals surface area contributed by atoms with Crippen LogP contribution in [0.1, 0.15) is 31.4 Å². The van der Waals surface area contributed by atoms with Crippen molar-refractivity contribution < 1.29 is 17.6 Å². The first-order valence-electron chi connectivity index (χ1n) is 8.93. The summed E-state index contributed by atoms with van der Waals surface area (Å²) in [7, 11) is -3.83. The molecular weight excluding hydrogens is 403 g/mol. The Morgan fingerprint density at radius 3 is 2.46 bits per heavy atom. The number of carbonyl (C=O) groups is 1. The van der Waals surface area contributed by atoms with E-state index in [1.165, 1.54) is 12.1 Å². The first kappa shape index (κ1) is 22.2. The van der Waals surface area contributed by atoms with Crippen molar-refractivity contribution in [2.75, 3.05) is 15.9 Å². The van der Waals surface area contributed by atoms with Gasteiger partial charge in [-0.25, -0.2) is 12.8 Å². The molecule has 0 radical (unpaired) electrons. The average Bonchev–Trinajstić information content (AvgIpc) is 2.62. The number of hydrogen-bond acceptors (Lipinski definition) is 3. The summed E-state index contributed by atoms with van der Waals surface area (Å²) in [5, 5.41) is 2.66. The van der Waals surface area contributed by atoms with E-state index in [1.54, 1.807) is 6.92 Å². The Morgan fingerprint density at radius 2 is 1.93 bits per heavy atom. The molecule has 0 saturated heterocycles. The topological polar surface area (TPSA) is 66.5 Å². The van der Waals surface area contributed by atoms with E-state index in [1.807, 2.05) is 32.0 Å². The number of aryl methyl sites for hydroxylation is 2. The lowest BCUT2D eigenvalue weighted by Gasteiger charge is -2.30. The van der Waals surface area contributed by atoms with Crippen LogP contribution in [0.3, 0.4) is 0 Å². The minimum absolute atomic E-state index is 0.136. The van der Waals surface area contributed by atoms with Crippen LogP contribution in [0.2, 0.25) is 5.02 Å². The number of amides is 1. The molecule has 0 aromatic heterocycles. The van der Waals surface area contributed by atoms with Crippen molar-refractivity contribution in [3.05, 3.63) is 58.4 Å². The minimum atomic E-state index is -3.83. The molecule has 0 saturated carbocycles. The van der Waals surface area contributed by atoms with Crippen LogP contribution in [0.5, 0.6) is 0 Å². The standard InChI is InChI=1S/C20H24ClFN2O3S/c1-5-14-9-7-8-13(3)19(14)23-20(25)18(6-2)24(28(4,26)27)15-10-11-17(22)16(21)12-15/h7-12,18H,5-6H2,1-4H3,(H,23,25)/t18-/m0/s1. The lowest BCUT2D eigenvalue weighted by Crippen LogP contribution is -2.47. The second-order valence-electron chi connectivity index (χ2n) is 6.53. The lowest BCUT2D eigenvalue weighted by atomic mass is 10.0. The van der Waals surface area contributed by atoms with Crippen molar-refractivity contribution in [3.8, 4) is 0 Å². The van der Waals surface area contributed by atoms with Crippen molar-refractivity contribution >= 4 is 38.9 Å². The van der Waals surface area contributed by atoms with Gasteiger partial charge in [0.05, 0.1) is 17.0 Å². The van der Waals surface area contributed by atoms with E-state index in [2.05, 4.69) is 5.32 Å². The van der Waals surface area contributed by atoms with Crippen molar-refractivity contribution in [2.45, 2.75) is 39.7 Å². The molecule has 28 heavy (non-hydrogen) atoms. The average molecular weight is 427 g/mol. The zero-order valence-corrected chi connectivity index (χ0v) is 17.9. The summed E-state index contributed by atoms with van der Waals surface area (Å²) in [6.45, 7) is 5.57. The van der Waals surface area contributed by atoms with Gasteiger partial charge in [-0.2, -0.15) is 0 Å². The fraction of sp³-hybridized carbons (Fsp3) is 0.350. The second-order valence-corrected chi connectivity index (χ2v) is 8.80. The lowest BCUT2D eigenvalue weighted by molar-refractivity contribution is -0.117. The normalized spacial score (nSPS) is 12.5. The summed E-state index contributed by atoms with van der Waals surface area (Å²) in [5.41, 5.74) is 2.66. The van der Waals surface area contributed by atoms with Gasteiger partial charge in [0.25, 0.3) is 0 Å². The second kappa shape index (κ2) is 8.92. The zero-order chi connectivity index (χ0) is 21.1. The Bertz CT molecular complexity index is 979. The molecule has 5 nitrogen and oxygen atoms in total. The maximum atomic E-state index is 13.5. The van der Waals surface area contributed by atoms with E-state index < -0.39 is 27.8 Å². The molecule has 0 bridgehead atoms. The number of anilines is 2. The summed E-state index contributed by atoms with van der Waals surface area (Å²) < 4.78 is 39.5. The highest BCUT2D eigenvalue weighted by Gasteiger charge is 2.32. The maximum absolute atomic E-state index is 13.5. The molecule has 0 aliphatic carbocycles. The highest BCUT2D eigenvalue weighted by molar-refractivity contribution is 7.92. The van der Waals surface area contributed by atoms with Crippen molar-refractivity contribution in [1.29, 1.82) is 0 Å². The van der Waals surface area contributed by atoms with Crippen LogP contribution in [-0.4, -0.2) is 26.6 Å². The molecule has 8 heteroatoms. The highest BCUT2D eigenvalue weighted by Crippen LogP contribution is 2.28. The van der Waals surface area contributed by atoms with Gasteiger partial charge >= 0.3 is 0 Å². The summed E-state index contributed by atoms with van der Waals surface area (Å²) >= 11 is 5.83. The van der Waals surface area contributed by atoms with Gasteiger partial charge in [0.15, 0.2) is 0 Å². The van der Waals surface area contributed by atoms with E-state index in [-0.39, 0.29) is 17.1 Å². The third kappa shape index (κ3) is 4.83. The van der Waals surface area contributed by atoms with Crippen LogP contribution in [0.15, 0.2) is 36.4 Å². The van der Waals surface area contributed by atoms with Crippen LogP contribution < -0.4 is 9.62 Å². The predicted molar refractivity (Wildman–Crippen MR) is 112 cm³/mol. The highest BCUT2D eigenvalue weighted by atomic mass is 35.5. The number of halogens is 2. The van der Waals surface area contributed by atoms with E-state index in [4.69, 9.17) is 11.6 Å². The molecule has 0 aliphatic rings. The third-order valence-electron chi connectivity index (χ3n) is 4.48. The van der Waals surface area contributed by atoms with Crippen LogP contribution in [0.25, 0.3) is 0 Å². The number of nitrogens with one attached hydrogen (secondary N) is 1. The largest absolute Gasteiger partial charge is 0.324 e. The van der Waals surface area contributed by atoms with E-state index >= 15 is 0 Å². The summed E-state index contributed by atoms with van der Waals surface area (Å²) in [4.78, 5) is 13.1. The zero-order valence-electron chi connectivity index (χ0n) is 16.3. The molecule has 0 unspecified atom stereocenters. The molecule has 0 fully saturated rings. The molecule has 2 aromatic rings. The number of sulfonamides is 1. The van der Waals surface area contributed by atoms with Crippen molar-refractivity contribution in [1.82, 2.24) is 0 Å². The molecule has 0 spiro atoms. The van der Waals surface area contributed by atoms with E-state index in [0.29, 0.717) is 5.69 Å². The van der Waals surface area contributed by atoms with Gasteiger partial charge in [0, 0.05) is 5.69 Å². The fourth-order valence-corrected chi connectivity index (χ4v) is 4.47. The van der Waals surface area contributed by atoms with Gasteiger partial charge < -0.3 is 5.32 Å². The molecule has 2 aromatic carbocycles. The first-order chi connectivity index (χ1) is 13.1.